The predicted molar refractivity (Wildman–Crippen MR) is 212 cm³/mol. The first-order valence-electron chi connectivity index (χ1n) is 22.1. The summed E-state index contributed by atoms with van der Waals surface area (Å²) in [6, 6.07) is 0. The molecule has 6 fully saturated rings. The van der Waals surface area contributed by atoms with E-state index < -0.39 is 5.60 Å². The molecule has 8 aliphatic carbocycles. The van der Waals surface area contributed by atoms with Gasteiger partial charge in [0.1, 0.15) is 11.7 Å². The number of nitrogens with zero attached hydrogens (tertiary/aromatic N) is 1. The molecule has 54 heavy (non-hydrogen) atoms. The van der Waals surface area contributed by atoms with E-state index in [1.165, 1.54) is 56.1 Å². The molecule has 6 saturated carbocycles. The highest BCUT2D eigenvalue weighted by atomic mass is 16.5. The van der Waals surface area contributed by atoms with Crippen molar-refractivity contribution < 1.29 is 24.0 Å². The van der Waals surface area contributed by atoms with Gasteiger partial charge in [0.2, 0.25) is 0 Å². The zero-order chi connectivity index (χ0) is 38.1. The molecule has 1 N–H and O–H groups in total. The first-order valence-corrected chi connectivity index (χ1v) is 22.1. The number of rotatable bonds is 6. The number of terminal acetylenes is 1. The molecule has 0 unspecified atom stereocenters. The van der Waals surface area contributed by atoms with Crippen LogP contribution in [0.1, 0.15) is 168 Å². The van der Waals surface area contributed by atoms with E-state index in [4.69, 9.17) is 15.7 Å². The maximum atomic E-state index is 12.5. The lowest BCUT2D eigenvalue weighted by molar-refractivity contribution is -0.160. The molecule has 294 valence electrons. The molecule has 0 amide bonds. The molecule has 12 atom stereocenters. The van der Waals surface area contributed by atoms with Crippen molar-refractivity contribution in [3.05, 3.63) is 34.7 Å². The van der Waals surface area contributed by atoms with Crippen LogP contribution in [0.2, 0.25) is 0 Å². The van der Waals surface area contributed by atoms with Crippen molar-refractivity contribution in [3.8, 4) is 12.3 Å². The van der Waals surface area contributed by atoms with Crippen molar-refractivity contribution in [3.63, 3.8) is 0 Å². The smallest absolute Gasteiger partial charge is 0.306 e. The van der Waals surface area contributed by atoms with Gasteiger partial charge in [0.15, 0.2) is 11.5 Å². The Bertz CT molecular complexity index is 1730. The number of carbonyl (C=O) groups excluding carboxylic acids is 2. The summed E-state index contributed by atoms with van der Waals surface area (Å²) in [5.74, 6) is 8.12. The van der Waals surface area contributed by atoms with Gasteiger partial charge in [-0.2, -0.15) is 0 Å². The van der Waals surface area contributed by atoms with E-state index in [0.29, 0.717) is 41.8 Å². The number of unbranched alkanes of at least 4 members (excludes halogenated alkanes) is 3. The van der Waals surface area contributed by atoms with Crippen molar-refractivity contribution >= 4 is 17.8 Å². The standard InChI is InChI=1S/C26H40O3.C22H27NO2/c1-4-5-6-7-8-24(28)29-23-12-11-21-20-10-9-18-17-19(27)13-15-25(18,2)22(20)14-16-26(21,23)3;1-4-22(24)10-8-18-16-6-5-15-11-19-14(13-23-25-19)12-20(15,2)17(16)7-9-21(18,22)3/h17,20-23H,4-16H2,1-3H3;1,11,13,16-18,24H,5-10,12H2,2-3H3/t20-,21-,22-,23-,25-,26-;16-,17+,18+,20+,21+,22+/m01/s1. The number of ketones is 1. The minimum atomic E-state index is -0.909. The van der Waals surface area contributed by atoms with Crippen LogP contribution >= 0.6 is 0 Å². The fourth-order valence-electron chi connectivity index (χ4n) is 14.8. The molecule has 8 aliphatic rings. The third-order valence-electron chi connectivity index (χ3n) is 18.0. The third kappa shape index (κ3) is 5.94. The Morgan fingerprint density at radius 1 is 0.852 bits per heavy atom. The van der Waals surface area contributed by atoms with Gasteiger partial charge in [0.05, 0.1) is 6.20 Å². The second kappa shape index (κ2) is 14.1. The van der Waals surface area contributed by atoms with Crippen molar-refractivity contribution in [2.75, 3.05) is 0 Å². The van der Waals surface area contributed by atoms with Crippen LogP contribution < -0.4 is 0 Å². The van der Waals surface area contributed by atoms with E-state index in [-0.39, 0.29) is 33.7 Å². The second-order valence-corrected chi connectivity index (χ2v) is 20.3. The number of hydrogen-bond donors (Lipinski definition) is 1. The minimum Gasteiger partial charge on any atom is -0.462 e. The van der Waals surface area contributed by atoms with Crippen LogP contribution in [0, 0.1) is 69.5 Å². The summed E-state index contributed by atoms with van der Waals surface area (Å²) in [7, 11) is 0. The molecule has 0 bridgehead atoms. The molecule has 0 spiro atoms. The van der Waals surface area contributed by atoms with Crippen LogP contribution in [0.3, 0.4) is 0 Å². The topological polar surface area (TPSA) is 89.6 Å². The Morgan fingerprint density at radius 3 is 2.31 bits per heavy atom. The molecule has 9 rings (SSSR count). The lowest BCUT2D eigenvalue weighted by Crippen LogP contribution is -2.54. The zero-order valence-corrected chi connectivity index (χ0v) is 34.0. The molecule has 6 heteroatoms. The first-order chi connectivity index (χ1) is 25.8. The predicted octanol–water partition coefficient (Wildman–Crippen LogP) is 10.6. The Morgan fingerprint density at radius 2 is 1.56 bits per heavy atom. The Balaban J connectivity index is 0.000000155. The Kier molecular flexibility index (Phi) is 9.96. The number of aromatic nitrogens is 1. The minimum absolute atomic E-state index is 0.0294. The van der Waals surface area contributed by atoms with E-state index in [0.717, 1.165) is 88.7 Å². The SMILES string of the molecule is C#C[C@]1(O)CC[C@H]2[C@@H]3CCC4=Cc5oncc5C[C@]4(C)[C@H]3CC[C@@]21C.CCCCCCC(=O)O[C@H]1CC[C@H]2[C@@H]3CCC4=CC(=O)CC[C@]4(C)[C@H]3CC[C@]12C. The molecular formula is C48H67NO5. The summed E-state index contributed by atoms with van der Waals surface area (Å²) in [6.45, 7) is 11.8. The summed E-state index contributed by atoms with van der Waals surface area (Å²) in [5.41, 5.74) is 3.81. The van der Waals surface area contributed by atoms with Crippen LogP contribution in [0.25, 0.3) is 6.08 Å². The number of hydrogen-bond acceptors (Lipinski definition) is 6. The summed E-state index contributed by atoms with van der Waals surface area (Å²) in [6.07, 6.45) is 33.3. The highest BCUT2D eigenvalue weighted by Gasteiger charge is 2.64. The summed E-state index contributed by atoms with van der Waals surface area (Å²) < 4.78 is 11.5. The van der Waals surface area contributed by atoms with E-state index in [1.807, 2.05) is 12.3 Å². The van der Waals surface area contributed by atoms with Crippen molar-refractivity contribution in [1.82, 2.24) is 5.16 Å². The molecule has 0 radical (unpaired) electrons. The second-order valence-electron chi connectivity index (χ2n) is 20.3. The fourth-order valence-corrected chi connectivity index (χ4v) is 14.8. The van der Waals surface area contributed by atoms with Gasteiger partial charge in [-0.25, -0.2) is 0 Å². The van der Waals surface area contributed by atoms with Gasteiger partial charge in [-0.3, -0.25) is 9.59 Å². The quantitative estimate of drug-likeness (QED) is 0.178. The highest BCUT2D eigenvalue weighted by molar-refractivity contribution is 5.91. The van der Waals surface area contributed by atoms with Crippen LogP contribution in [0.15, 0.2) is 27.9 Å². The zero-order valence-electron chi connectivity index (χ0n) is 34.0. The van der Waals surface area contributed by atoms with Gasteiger partial charge in [-0.05, 0) is 155 Å². The normalized spacial score (nSPS) is 44.2. The summed E-state index contributed by atoms with van der Waals surface area (Å²) >= 11 is 0. The van der Waals surface area contributed by atoms with E-state index in [9.17, 15) is 14.7 Å². The molecule has 6 nitrogen and oxygen atoms in total. The molecule has 1 aromatic heterocycles. The number of allylic oxidation sites excluding steroid dienone is 2. The summed E-state index contributed by atoms with van der Waals surface area (Å²) in [5, 5.41) is 15.1. The average Bonchev–Trinajstić information content (AvgIpc) is 3.82. The third-order valence-corrected chi connectivity index (χ3v) is 18.0. The van der Waals surface area contributed by atoms with Crippen LogP contribution in [0.4, 0.5) is 0 Å². The molecule has 0 aromatic carbocycles. The van der Waals surface area contributed by atoms with E-state index in [2.05, 4.69) is 51.8 Å². The van der Waals surface area contributed by atoms with Crippen LogP contribution in [0.5, 0.6) is 0 Å². The van der Waals surface area contributed by atoms with Crippen molar-refractivity contribution in [1.29, 1.82) is 0 Å². The monoisotopic (exact) mass is 738 g/mol. The first kappa shape index (κ1) is 38.2. The van der Waals surface area contributed by atoms with Gasteiger partial charge in [0, 0.05) is 29.2 Å². The van der Waals surface area contributed by atoms with E-state index in [1.54, 1.807) is 5.57 Å². The number of carbonyl (C=O) groups is 2. The lowest BCUT2D eigenvalue weighted by atomic mass is 9.46. The maximum Gasteiger partial charge on any atom is 0.306 e. The highest BCUT2D eigenvalue weighted by Crippen LogP contribution is 2.68. The van der Waals surface area contributed by atoms with Gasteiger partial charge < -0.3 is 14.4 Å². The Labute approximate surface area is 325 Å². The van der Waals surface area contributed by atoms with Gasteiger partial charge in [-0.1, -0.05) is 76.1 Å². The fraction of sp³-hybridized carbons (Fsp3) is 0.771. The molecule has 0 saturated heterocycles. The number of esters is 1. The van der Waals surface area contributed by atoms with Gasteiger partial charge >= 0.3 is 5.97 Å². The summed E-state index contributed by atoms with van der Waals surface area (Å²) in [4.78, 5) is 24.5. The largest absolute Gasteiger partial charge is 0.462 e. The number of ether oxygens (including phenoxy) is 1. The Hall–Kier alpha value is -2.65. The molecule has 0 aliphatic heterocycles. The van der Waals surface area contributed by atoms with Crippen LogP contribution in [-0.2, 0) is 20.7 Å². The number of fused-ring (bicyclic) bond motifs is 11. The maximum absolute atomic E-state index is 12.5. The van der Waals surface area contributed by atoms with Crippen molar-refractivity contribution in [2.24, 2.45) is 57.2 Å². The lowest BCUT2D eigenvalue weighted by Gasteiger charge is -2.58. The molecule has 1 aromatic rings. The molecule has 1 heterocycles. The van der Waals surface area contributed by atoms with E-state index >= 15 is 0 Å². The molecular weight excluding hydrogens is 671 g/mol. The van der Waals surface area contributed by atoms with Crippen LogP contribution in [-0.4, -0.2) is 33.7 Å². The van der Waals surface area contributed by atoms with Gasteiger partial charge in [0.25, 0.3) is 0 Å². The average molecular weight is 738 g/mol. The van der Waals surface area contributed by atoms with Crippen molar-refractivity contribution in [2.45, 2.75) is 175 Å². The number of aliphatic hydroxyl groups is 1. The van der Waals surface area contributed by atoms with Gasteiger partial charge in [-0.15, -0.1) is 6.42 Å².